The highest BCUT2D eigenvalue weighted by atomic mass is 35.5. The highest BCUT2D eigenvalue weighted by Gasteiger charge is 2.14. The number of ether oxygens (including phenoxy) is 3. The van der Waals surface area contributed by atoms with Crippen LogP contribution in [0.3, 0.4) is 0 Å². The van der Waals surface area contributed by atoms with Crippen molar-refractivity contribution in [1.29, 1.82) is 0 Å². The number of fused-ring (bicyclic) bond motifs is 1. The minimum atomic E-state index is -0.117. The minimum absolute atomic E-state index is 0. The molecule has 0 amide bonds. The highest BCUT2D eigenvalue weighted by Crippen LogP contribution is 2.35. The van der Waals surface area contributed by atoms with Gasteiger partial charge in [0.1, 0.15) is 30.3 Å². The van der Waals surface area contributed by atoms with E-state index in [1.165, 1.54) is 6.07 Å². The zero-order chi connectivity index (χ0) is 28.7. The van der Waals surface area contributed by atoms with Crippen molar-refractivity contribution in [3.8, 4) is 28.6 Å². The molecule has 0 atom stereocenters. The summed E-state index contributed by atoms with van der Waals surface area (Å²) in [6, 6.07) is 32.4. The molecule has 218 valence electrons. The molecule has 6 nitrogen and oxygen atoms in total. The van der Waals surface area contributed by atoms with Crippen molar-refractivity contribution in [1.82, 2.24) is 0 Å². The van der Waals surface area contributed by atoms with E-state index < -0.39 is 0 Å². The maximum absolute atomic E-state index is 13.0. The molecule has 1 heterocycles. The van der Waals surface area contributed by atoms with Crippen molar-refractivity contribution in [2.45, 2.75) is 19.6 Å². The highest BCUT2D eigenvalue weighted by molar-refractivity contribution is 5.80. The lowest BCUT2D eigenvalue weighted by Gasteiger charge is -2.23. The quantitative estimate of drug-likeness (QED) is 0.163. The van der Waals surface area contributed by atoms with E-state index in [0.717, 1.165) is 28.6 Å². The number of halogens is 1. The van der Waals surface area contributed by atoms with E-state index in [2.05, 4.69) is 21.1 Å². The monoisotopic (exact) mass is 585 g/mol. The predicted octanol–water partition coefficient (Wildman–Crippen LogP) is 4.10. The Morgan fingerprint density at radius 1 is 0.690 bits per heavy atom. The Balaban J connectivity index is 0.00000405. The van der Waals surface area contributed by atoms with Gasteiger partial charge in [-0.2, -0.15) is 0 Å². The van der Waals surface area contributed by atoms with Crippen LogP contribution in [0.25, 0.3) is 22.3 Å². The van der Waals surface area contributed by atoms with Crippen LogP contribution in [0, 0.1) is 0 Å². The molecule has 0 aliphatic heterocycles. The van der Waals surface area contributed by atoms with Crippen molar-refractivity contribution in [2.75, 3.05) is 34.3 Å². The number of hydrogen-bond donors (Lipinski definition) is 0. The Bertz CT molecular complexity index is 1650. The lowest BCUT2D eigenvalue weighted by Crippen LogP contribution is -3.00. The average molecular weight is 586 g/mol. The maximum Gasteiger partial charge on any atom is 0.193 e. The smallest absolute Gasteiger partial charge is 0.193 e. The van der Waals surface area contributed by atoms with Crippen molar-refractivity contribution in [3.63, 3.8) is 0 Å². The van der Waals surface area contributed by atoms with Crippen LogP contribution in [-0.4, -0.2) is 38.8 Å². The molecule has 0 radical (unpaired) electrons. The van der Waals surface area contributed by atoms with Crippen LogP contribution >= 0.6 is 0 Å². The van der Waals surface area contributed by atoms with Crippen molar-refractivity contribution < 1.29 is 35.5 Å². The number of benzene rings is 4. The third-order valence-corrected chi connectivity index (χ3v) is 6.65. The van der Waals surface area contributed by atoms with Crippen LogP contribution in [0.5, 0.6) is 17.2 Å². The first-order chi connectivity index (χ1) is 19.8. The van der Waals surface area contributed by atoms with E-state index in [4.69, 9.17) is 18.6 Å². The summed E-state index contributed by atoms with van der Waals surface area (Å²) in [6.07, 6.45) is 0.927. The molecule has 0 saturated carbocycles. The lowest BCUT2D eigenvalue weighted by molar-refractivity contribution is -0.870. The second-order valence-electron chi connectivity index (χ2n) is 11.1. The molecule has 0 aliphatic rings. The first-order valence-corrected chi connectivity index (χ1v) is 13.8. The van der Waals surface area contributed by atoms with Gasteiger partial charge < -0.3 is 35.5 Å². The summed E-state index contributed by atoms with van der Waals surface area (Å²) in [4.78, 5) is 13.0. The van der Waals surface area contributed by atoms with Gasteiger partial charge in [0.25, 0.3) is 0 Å². The van der Waals surface area contributed by atoms with Crippen LogP contribution in [0.15, 0.2) is 112 Å². The van der Waals surface area contributed by atoms with E-state index in [1.807, 2.05) is 84.9 Å². The standard InChI is InChI=1S/C35H36NO5.ClH/c1-36(2,3)19-10-20-38-29-16-17-30-31(37)23-33(41-34(30)22-29)28-15-18-32(39-24-26-11-6-4-7-12-26)35(21-28)40-25-27-13-8-5-9-14-27;/h4-9,11-18,21-23H,10,19-20,24-25H2,1-3H3;1H/q+1;/p-1. The van der Waals surface area contributed by atoms with Crippen molar-refractivity contribution >= 4 is 11.0 Å². The van der Waals surface area contributed by atoms with E-state index in [1.54, 1.807) is 12.1 Å². The van der Waals surface area contributed by atoms with Gasteiger partial charge in [-0.05, 0) is 41.5 Å². The summed E-state index contributed by atoms with van der Waals surface area (Å²) < 4.78 is 25.4. The third kappa shape index (κ3) is 8.38. The fourth-order valence-electron chi connectivity index (χ4n) is 4.46. The normalized spacial score (nSPS) is 11.1. The SMILES string of the molecule is C[N+](C)(C)CCCOc1ccc2c(=O)cc(-c3ccc(OCc4ccccc4)c(OCc4ccccc4)c3)oc2c1.[Cl-]. The van der Waals surface area contributed by atoms with Gasteiger partial charge in [0.2, 0.25) is 0 Å². The Hall–Kier alpha value is -4.26. The van der Waals surface area contributed by atoms with Crippen LogP contribution in [0.2, 0.25) is 0 Å². The molecule has 0 bridgehead atoms. The Morgan fingerprint density at radius 3 is 1.98 bits per heavy atom. The fraction of sp³-hybridized carbons (Fsp3) is 0.229. The number of quaternary nitrogens is 1. The second kappa shape index (κ2) is 14.1. The van der Waals surface area contributed by atoms with Crippen LogP contribution in [-0.2, 0) is 13.2 Å². The van der Waals surface area contributed by atoms with Crippen molar-refractivity contribution in [3.05, 3.63) is 124 Å². The second-order valence-corrected chi connectivity index (χ2v) is 11.1. The van der Waals surface area contributed by atoms with Gasteiger partial charge in [-0.15, -0.1) is 0 Å². The third-order valence-electron chi connectivity index (χ3n) is 6.65. The predicted molar refractivity (Wildman–Crippen MR) is 162 cm³/mol. The largest absolute Gasteiger partial charge is 1.00 e. The summed E-state index contributed by atoms with van der Waals surface area (Å²) in [7, 11) is 6.48. The van der Waals surface area contributed by atoms with Gasteiger partial charge in [-0.3, -0.25) is 4.79 Å². The van der Waals surface area contributed by atoms with Gasteiger partial charge in [0.05, 0.1) is 39.7 Å². The van der Waals surface area contributed by atoms with Gasteiger partial charge >= 0.3 is 0 Å². The molecule has 4 aromatic carbocycles. The van der Waals surface area contributed by atoms with Gasteiger partial charge in [-0.1, -0.05) is 60.7 Å². The average Bonchev–Trinajstić information content (AvgIpc) is 2.98. The molecule has 7 heteroatoms. The molecule has 0 aliphatic carbocycles. The molecule has 0 N–H and O–H groups in total. The molecular formula is C35H36ClNO5. The summed E-state index contributed by atoms with van der Waals surface area (Å²) in [5, 5.41) is 0.510. The summed E-state index contributed by atoms with van der Waals surface area (Å²) in [5.74, 6) is 2.31. The molecule has 42 heavy (non-hydrogen) atoms. The lowest BCUT2D eigenvalue weighted by atomic mass is 10.1. The van der Waals surface area contributed by atoms with Crippen molar-refractivity contribution in [2.24, 2.45) is 0 Å². The fourth-order valence-corrected chi connectivity index (χ4v) is 4.46. The van der Waals surface area contributed by atoms with E-state index in [-0.39, 0.29) is 17.8 Å². The van der Waals surface area contributed by atoms with E-state index >= 15 is 0 Å². The van der Waals surface area contributed by atoms with Crippen LogP contribution in [0.1, 0.15) is 17.5 Å². The number of rotatable bonds is 12. The molecule has 5 aromatic rings. The first-order valence-electron chi connectivity index (χ1n) is 13.8. The van der Waals surface area contributed by atoms with Gasteiger partial charge in [0, 0.05) is 24.1 Å². The minimum Gasteiger partial charge on any atom is -1.00 e. The Morgan fingerprint density at radius 2 is 1.33 bits per heavy atom. The molecule has 0 saturated heterocycles. The molecule has 0 unspecified atom stereocenters. The van der Waals surface area contributed by atoms with Crippen LogP contribution < -0.4 is 32.0 Å². The Labute approximate surface area is 253 Å². The first kappa shape index (κ1) is 30.7. The van der Waals surface area contributed by atoms with E-state index in [9.17, 15) is 4.79 Å². The zero-order valence-electron chi connectivity index (χ0n) is 24.2. The maximum atomic E-state index is 13.0. The summed E-state index contributed by atoms with van der Waals surface area (Å²) >= 11 is 0. The molecule has 5 rings (SSSR count). The summed E-state index contributed by atoms with van der Waals surface area (Å²) in [6.45, 7) is 2.39. The zero-order valence-corrected chi connectivity index (χ0v) is 25.0. The van der Waals surface area contributed by atoms with Crippen LogP contribution in [0.4, 0.5) is 0 Å². The molecule has 1 aromatic heterocycles. The summed E-state index contributed by atoms with van der Waals surface area (Å²) in [5.41, 5.74) is 3.18. The van der Waals surface area contributed by atoms with E-state index in [0.29, 0.717) is 59.4 Å². The van der Waals surface area contributed by atoms with Gasteiger partial charge in [-0.25, -0.2) is 0 Å². The molecular weight excluding hydrogens is 550 g/mol. The number of nitrogens with zero attached hydrogens (tertiary/aromatic N) is 1. The molecule has 0 fully saturated rings. The topological polar surface area (TPSA) is 57.9 Å². The molecule has 0 spiro atoms. The number of hydrogen-bond acceptors (Lipinski definition) is 5. The van der Waals surface area contributed by atoms with Gasteiger partial charge in [0.15, 0.2) is 16.9 Å². The Kier molecular flexibility index (Phi) is 10.3.